The molecule has 0 aliphatic heterocycles. The van der Waals surface area contributed by atoms with Crippen LogP contribution < -0.4 is 10.1 Å². The molecule has 3 aromatic carbocycles. The largest absolute Gasteiger partial charge is 0.494 e. The summed E-state index contributed by atoms with van der Waals surface area (Å²) in [4.78, 5) is 24.2. The second kappa shape index (κ2) is 12.2. The summed E-state index contributed by atoms with van der Waals surface area (Å²) in [7, 11) is 0. The van der Waals surface area contributed by atoms with Crippen LogP contribution in [0.15, 0.2) is 84.0 Å². The number of aromatic nitrogens is 3. The number of Topliss-reactive ketones (excluding diaryl/α,β-unsaturated/α-hetero) is 1. The Labute approximate surface area is 214 Å². The molecule has 0 unspecified atom stereocenters. The van der Waals surface area contributed by atoms with Crippen LogP contribution in [-0.2, 0) is 11.2 Å². The number of nitrogens with one attached hydrogen (secondary N) is 1. The third-order valence-electron chi connectivity index (χ3n) is 5.48. The normalized spacial score (nSPS) is 10.7. The van der Waals surface area contributed by atoms with Crippen LogP contribution in [0.5, 0.6) is 5.75 Å². The summed E-state index contributed by atoms with van der Waals surface area (Å²) in [6, 6.07) is 25.4. The van der Waals surface area contributed by atoms with Gasteiger partial charge in [0.25, 0.3) is 0 Å². The van der Waals surface area contributed by atoms with Crippen molar-refractivity contribution in [1.82, 2.24) is 20.1 Å². The molecule has 8 heteroatoms. The molecule has 1 heterocycles. The van der Waals surface area contributed by atoms with Gasteiger partial charge in [-0.15, -0.1) is 10.2 Å². The molecule has 4 aromatic rings. The number of rotatable bonds is 11. The highest BCUT2D eigenvalue weighted by atomic mass is 32.2. The van der Waals surface area contributed by atoms with Gasteiger partial charge < -0.3 is 10.1 Å². The van der Waals surface area contributed by atoms with Crippen LogP contribution in [0.1, 0.15) is 30.0 Å². The van der Waals surface area contributed by atoms with Crippen LogP contribution >= 0.6 is 11.8 Å². The molecule has 1 N–H and O–H groups in total. The lowest BCUT2D eigenvalue weighted by atomic mass is 10.0. The van der Waals surface area contributed by atoms with Gasteiger partial charge in [-0.3, -0.25) is 14.2 Å². The molecule has 1 amide bonds. The van der Waals surface area contributed by atoms with Gasteiger partial charge in [-0.1, -0.05) is 66.4 Å². The van der Waals surface area contributed by atoms with E-state index in [0.29, 0.717) is 36.1 Å². The number of ketones is 1. The van der Waals surface area contributed by atoms with Crippen molar-refractivity contribution in [2.24, 2.45) is 0 Å². The molecule has 184 valence electrons. The van der Waals surface area contributed by atoms with Crippen molar-refractivity contribution in [3.63, 3.8) is 0 Å². The Morgan fingerprint density at radius 1 is 0.917 bits per heavy atom. The number of amides is 1. The molecule has 1 aromatic heterocycles. The highest BCUT2D eigenvalue weighted by molar-refractivity contribution is 7.99. The molecular formula is C28H28N4O3S. The van der Waals surface area contributed by atoms with E-state index in [-0.39, 0.29) is 17.4 Å². The van der Waals surface area contributed by atoms with E-state index in [0.717, 1.165) is 22.6 Å². The van der Waals surface area contributed by atoms with E-state index in [1.54, 1.807) is 0 Å². The molecule has 0 fully saturated rings. The van der Waals surface area contributed by atoms with E-state index >= 15 is 0 Å². The first kappa shape index (κ1) is 25.2. The van der Waals surface area contributed by atoms with E-state index in [2.05, 4.69) is 15.5 Å². The van der Waals surface area contributed by atoms with Crippen molar-refractivity contribution < 1.29 is 14.3 Å². The third kappa shape index (κ3) is 6.40. The Balaban J connectivity index is 1.50. The zero-order chi connectivity index (χ0) is 25.3. The Hall–Kier alpha value is -3.91. The molecule has 0 atom stereocenters. The molecule has 0 aliphatic carbocycles. The summed E-state index contributed by atoms with van der Waals surface area (Å²) in [6.45, 7) is 4.45. The molecule has 0 spiro atoms. The minimum absolute atomic E-state index is 0.0145. The van der Waals surface area contributed by atoms with Gasteiger partial charge in [0, 0.05) is 31.1 Å². The fraction of sp³-hybridized carbons (Fsp3) is 0.214. The summed E-state index contributed by atoms with van der Waals surface area (Å²) in [6.07, 6.45) is 0.509. The van der Waals surface area contributed by atoms with Crippen molar-refractivity contribution in [1.29, 1.82) is 0 Å². The molecule has 0 bridgehead atoms. The van der Waals surface area contributed by atoms with Crippen molar-refractivity contribution in [3.05, 3.63) is 90.3 Å². The summed E-state index contributed by atoms with van der Waals surface area (Å²) in [5, 5.41) is 12.1. The van der Waals surface area contributed by atoms with Crippen LogP contribution in [0, 0.1) is 0 Å². The van der Waals surface area contributed by atoms with E-state index in [4.69, 9.17) is 4.74 Å². The summed E-state index contributed by atoms with van der Waals surface area (Å²) >= 11 is 1.34. The van der Waals surface area contributed by atoms with Crippen LogP contribution in [-0.4, -0.2) is 45.4 Å². The van der Waals surface area contributed by atoms with Crippen LogP contribution in [0.25, 0.3) is 16.8 Å². The summed E-state index contributed by atoms with van der Waals surface area (Å²) < 4.78 is 7.48. The van der Waals surface area contributed by atoms with E-state index in [9.17, 15) is 9.59 Å². The van der Waals surface area contributed by atoms with Gasteiger partial charge in [0.1, 0.15) is 11.6 Å². The summed E-state index contributed by atoms with van der Waals surface area (Å²) in [5.41, 5.74) is 3.70. The third-order valence-corrected chi connectivity index (χ3v) is 6.40. The van der Waals surface area contributed by atoms with Gasteiger partial charge in [0.05, 0.1) is 12.4 Å². The van der Waals surface area contributed by atoms with Crippen LogP contribution in [0.2, 0.25) is 0 Å². The lowest BCUT2D eigenvalue weighted by Crippen LogP contribution is -2.23. The van der Waals surface area contributed by atoms with E-state index in [1.807, 2.05) is 90.4 Å². The predicted molar refractivity (Wildman–Crippen MR) is 142 cm³/mol. The Morgan fingerprint density at radius 3 is 2.28 bits per heavy atom. The van der Waals surface area contributed by atoms with Crippen molar-refractivity contribution in [3.8, 4) is 22.6 Å². The molecule has 36 heavy (non-hydrogen) atoms. The smallest absolute Gasteiger partial charge is 0.216 e. The van der Waals surface area contributed by atoms with Gasteiger partial charge in [-0.2, -0.15) is 0 Å². The van der Waals surface area contributed by atoms with Crippen LogP contribution in [0.3, 0.4) is 0 Å². The van der Waals surface area contributed by atoms with Gasteiger partial charge in [0.15, 0.2) is 10.9 Å². The first-order valence-corrected chi connectivity index (χ1v) is 12.8. The Bertz CT molecular complexity index is 1300. The van der Waals surface area contributed by atoms with Gasteiger partial charge in [-0.05, 0) is 42.3 Å². The molecule has 0 radical (unpaired) electrons. The number of ether oxygens (including phenoxy) is 1. The lowest BCUT2D eigenvalue weighted by Gasteiger charge is -2.11. The Kier molecular flexibility index (Phi) is 8.52. The van der Waals surface area contributed by atoms with Crippen molar-refractivity contribution in [2.45, 2.75) is 25.4 Å². The monoisotopic (exact) mass is 500 g/mol. The van der Waals surface area contributed by atoms with Gasteiger partial charge >= 0.3 is 0 Å². The summed E-state index contributed by atoms with van der Waals surface area (Å²) in [5.74, 6) is 1.62. The highest BCUT2D eigenvalue weighted by Crippen LogP contribution is 2.26. The fourth-order valence-corrected chi connectivity index (χ4v) is 4.58. The number of nitrogens with zero attached hydrogens (tertiary/aromatic N) is 3. The lowest BCUT2D eigenvalue weighted by molar-refractivity contribution is -0.118. The first-order valence-electron chi connectivity index (χ1n) is 11.8. The van der Waals surface area contributed by atoms with Gasteiger partial charge in [0.2, 0.25) is 5.91 Å². The maximum Gasteiger partial charge on any atom is 0.216 e. The number of hydrogen-bond acceptors (Lipinski definition) is 6. The van der Waals surface area contributed by atoms with Gasteiger partial charge in [-0.25, -0.2) is 0 Å². The molecule has 0 saturated carbocycles. The zero-order valence-corrected chi connectivity index (χ0v) is 21.1. The highest BCUT2D eigenvalue weighted by Gasteiger charge is 2.17. The second-order valence-electron chi connectivity index (χ2n) is 8.05. The minimum atomic E-state index is -0.0967. The van der Waals surface area contributed by atoms with Crippen LogP contribution in [0.4, 0.5) is 0 Å². The average Bonchev–Trinajstić information content (AvgIpc) is 3.31. The van der Waals surface area contributed by atoms with E-state index < -0.39 is 0 Å². The Morgan fingerprint density at radius 2 is 1.61 bits per heavy atom. The maximum atomic E-state index is 12.9. The standard InChI is InChI=1S/C28H28N4O3S/c1-3-35-25-15-13-24(14-16-25)32-27(17-18-29-20(2)33)30-31-28(32)36-19-26(34)23-11-9-22(10-12-23)21-7-5-4-6-8-21/h4-16H,3,17-19H2,1-2H3,(H,29,33). The predicted octanol–water partition coefficient (Wildman–Crippen LogP) is 4.99. The molecule has 7 nitrogen and oxygen atoms in total. The zero-order valence-electron chi connectivity index (χ0n) is 20.3. The number of carbonyl (C=O) groups is 2. The van der Waals surface area contributed by atoms with E-state index in [1.165, 1.54) is 18.7 Å². The molecular weight excluding hydrogens is 472 g/mol. The topological polar surface area (TPSA) is 86.1 Å². The SMILES string of the molecule is CCOc1ccc(-n2c(CCNC(C)=O)nnc2SCC(=O)c2ccc(-c3ccccc3)cc2)cc1. The number of carbonyl (C=O) groups excluding carboxylic acids is 2. The second-order valence-corrected chi connectivity index (χ2v) is 8.99. The maximum absolute atomic E-state index is 12.9. The molecule has 0 aliphatic rings. The number of hydrogen-bond donors (Lipinski definition) is 1. The number of benzene rings is 3. The van der Waals surface area contributed by atoms with Crippen molar-refractivity contribution in [2.75, 3.05) is 18.9 Å². The van der Waals surface area contributed by atoms with Crippen molar-refractivity contribution >= 4 is 23.5 Å². The molecule has 4 rings (SSSR count). The quantitative estimate of drug-likeness (QED) is 0.231. The first-order chi connectivity index (χ1) is 17.5. The average molecular weight is 501 g/mol. The molecule has 0 saturated heterocycles. The minimum Gasteiger partial charge on any atom is -0.494 e. The number of thioether (sulfide) groups is 1. The fourth-order valence-electron chi connectivity index (χ4n) is 3.72.